The van der Waals surface area contributed by atoms with Crippen LogP contribution in [0.5, 0.6) is 5.75 Å². The highest BCUT2D eigenvalue weighted by Crippen LogP contribution is 2.33. The van der Waals surface area contributed by atoms with Gasteiger partial charge in [-0.15, -0.1) is 0 Å². The molecule has 2 rings (SSSR count). The molecule has 0 atom stereocenters. The van der Waals surface area contributed by atoms with Crippen LogP contribution in [0.3, 0.4) is 0 Å². The lowest BCUT2D eigenvalue weighted by molar-refractivity contribution is -0.118. The van der Waals surface area contributed by atoms with Crippen molar-refractivity contribution in [1.82, 2.24) is 5.32 Å². The second-order valence-corrected chi connectivity index (χ2v) is 5.19. The van der Waals surface area contributed by atoms with Crippen molar-refractivity contribution in [1.29, 1.82) is 5.26 Å². The summed E-state index contributed by atoms with van der Waals surface area (Å²) in [5.41, 5.74) is 1.67. The predicted molar refractivity (Wildman–Crippen MR) is 72.1 cm³/mol. The van der Waals surface area contributed by atoms with Gasteiger partial charge in [0.15, 0.2) is 6.61 Å². The number of benzene rings is 1. The van der Waals surface area contributed by atoms with Crippen molar-refractivity contribution in [2.75, 3.05) is 25.0 Å². The number of fused-ring (bicyclic) bond motifs is 1. The number of nitriles is 1. The summed E-state index contributed by atoms with van der Waals surface area (Å²) in [5, 5.41) is 14.4. The summed E-state index contributed by atoms with van der Waals surface area (Å²) < 4.78 is 5.33. The standard InChI is InChI=1S/C14H17N3O2/c1-14(2,9-16-6-5-15)10-3-4-12-11(7-10)17-13(18)8-19-12/h3-4,7,16H,6,8-9H2,1-2H3,(H,17,18). The third kappa shape index (κ3) is 3.04. The molecule has 1 heterocycles. The smallest absolute Gasteiger partial charge is 0.262 e. The van der Waals surface area contributed by atoms with Crippen molar-refractivity contribution < 1.29 is 9.53 Å². The maximum absolute atomic E-state index is 11.3. The average molecular weight is 259 g/mol. The lowest BCUT2D eigenvalue weighted by Gasteiger charge is -2.27. The molecule has 1 aliphatic rings. The van der Waals surface area contributed by atoms with Crippen LogP contribution in [0.2, 0.25) is 0 Å². The number of ether oxygens (including phenoxy) is 1. The zero-order chi connectivity index (χ0) is 13.9. The minimum Gasteiger partial charge on any atom is -0.482 e. The number of nitrogens with one attached hydrogen (secondary N) is 2. The molecule has 100 valence electrons. The largest absolute Gasteiger partial charge is 0.482 e. The van der Waals surface area contributed by atoms with Gasteiger partial charge < -0.3 is 15.4 Å². The minimum atomic E-state index is -0.134. The van der Waals surface area contributed by atoms with Crippen LogP contribution in [0, 0.1) is 11.3 Å². The fraction of sp³-hybridized carbons (Fsp3) is 0.429. The topological polar surface area (TPSA) is 74.2 Å². The average Bonchev–Trinajstić information content (AvgIpc) is 2.38. The van der Waals surface area contributed by atoms with E-state index in [0.717, 1.165) is 5.56 Å². The molecule has 0 radical (unpaired) electrons. The molecule has 0 unspecified atom stereocenters. The molecule has 1 aromatic rings. The number of hydrogen-bond donors (Lipinski definition) is 2. The van der Waals surface area contributed by atoms with E-state index in [4.69, 9.17) is 10.00 Å². The van der Waals surface area contributed by atoms with Crippen molar-refractivity contribution in [3.05, 3.63) is 23.8 Å². The van der Waals surface area contributed by atoms with Gasteiger partial charge in [0.2, 0.25) is 0 Å². The molecule has 19 heavy (non-hydrogen) atoms. The molecule has 0 saturated heterocycles. The zero-order valence-corrected chi connectivity index (χ0v) is 11.1. The van der Waals surface area contributed by atoms with Crippen LogP contribution in [0.1, 0.15) is 19.4 Å². The van der Waals surface area contributed by atoms with Gasteiger partial charge >= 0.3 is 0 Å². The lowest BCUT2D eigenvalue weighted by atomic mass is 9.84. The molecule has 0 aromatic heterocycles. The number of carbonyl (C=O) groups excluding carboxylic acids is 1. The van der Waals surface area contributed by atoms with Crippen molar-refractivity contribution in [3.63, 3.8) is 0 Å². The molecule has 0 fully saturated rings. The van der Waals surface area contributed by atoms with Crippen LogP contribution in [0.15, 0.2) is 18.2 Å². The molecule has 1 amide bonds. The van der Waals surface area contributed by atoms with Gasteiger partial charge in [0.1, 0.15) is 5.75 Å². The number of anilines is 1. The Morgan fingerprint density at radius 2 is 2.32 bits per heavy atom. The Morgan fingerprint density at radius 3 is 3.05 bits per heavy atom. The Morgan fingerprint density at radius 1 is 1.53 bits per heavy atom. The van der Waals surface area contributed by atoms with Gasteiger partial charge in [0.05, 0.1) is 18.3 Å². The maximum Gasteiger partial charge on any atom is 0.262 e. The van der Waals surface area contributed by atoms with Gasteiger partial charge in [0, 0.05) is 12.0 Å². The Labute approximate surface area is 112 Å². The monoisotopic (exact) mass is 259 g/mol. The number of rotatable bonds is 4. The number of carbonyl (C=O) groups is 1. The van der Waals surface area contributed by atoms with Crippen molar-refractivity contribution in [2.24, 2.45) is 0 Å². The summed E-state index contributed by atoms with van der Waals surface area (Å²) in [4.78, 5) is 11.3. The van der Waals surface area contributed by atoms with E-state index in [1.807, 2.05) is 18.2 Å². The van der Waals surface area contributed by atoms with Crippen LogP contribution < -0.4 is 15.4 Å². The first-order valence-corrected chi connectivity index (χ1v) is 6.18. The molecule has 0 spiro atoms. The van der Waals surface area contributed by atoms with Crippen LogP contribution in [-0.4, -0.2) is 25.6 Å². The third-order valence-corrected chi connectivity index (χ3v) is 3.16. The molecule has 0 bridgehead atoms. The van der Waals surface area contributed by atoms with E-state index < -0.39 is 0 Å². The first-order chi connectivity index (χ1) is 9.03. The van der Waals surface area contributed by atoms with E-state index >= 15 is 0 Å². The van der Waals surface area contributed by atoms with Gasteiger partial charge in [-0.3, -0.25) is 4.79 Å². The summed E-state index contributed by atoms with van der Waals surface area (Å²) in [6.07, 6.45) is 0. The van der Waals surface area contributed by atoms with E-state index in [2.05, 4.69) is 30.6 Å². The SMILES string of the molecule is CC(C)(CNCC#N)c1ccc2c(c1)NC(=O)CO2. The van der Waals surface area contributed by atoms with E-state index in [1.54, 1.807) is 0 Å². The van der Waals surface area contributed by atoms with Crippen molar-refractivity contribution in [2.45, 2.75) is 19.3 Å². The second-order valence-electron chi connectivity index (χ2n) is 5.19. The highest BCUT2D eigenvalue weighted by molar-refractivity contribution is 5.95. The summed E-state index contributed by atoms with van der Waals surface area (Å²) >= 11 is 0. The Kier molecular flexibility index (Phi) is 3.72. The third-order valence-electron chi connectivity index (χ3n) is 3.16. The fourth-order valence-corrected chi connectivity index (χ4v) is 2.04. The quantitative estimate of drug-likeness (QED) is 0.633. The van der Waals surface area contributed by atoms with Crippen LogP contribution in [0.25, 0.3) is 0 Å². The maximum atomic E-state index is 11.3. The molecular formula is C14H17N3O2. The van der Waals surface area contributed by atoms with E-state index in [1.165, 1.54) is 0 Å². The van der Waals surface area contributed by atoms with Gasteiger partial charge in [-0.2, -0.15) is 5.26 Å². The zero-order valence-electron chi connectivity index (χ0n) is 11.1. The van der Waals surface area contributed by atoms with Gasteiger partial charge in [-0.25, -0.2) is 0 Å². The van der Waals surface area contributed by atoms with Gasteiger partial charge in [-0.05, 0) is 17.7 Å². The van der Waals surface area contributed by atoms with Gasteiger partial charge in [-0.1, -0.05) is 19.9 Å². The molecule has 1 aromatic carbocycles. The van der Waals surface area contributed by atoms with Crippen LogP contribution >= 0.6 is 0 Å². The Hall–Kier alpha value is -2.06. The Bertz CT molecular complexity index is 532. The molecular weight excluding hydrogens is 242 g/mol. The first-order valence-electron chi connectivity index (χ1n) is 6.18. The first kappa shape index (κ1) is 13.4. The fourth-order valence-electron chi connectivity index (χ4n) is 2.04. The number of amides is 1. The number of nitrogens with zero attached hydrogens (tertiary/aromatic N) is 1. The van der Waals surface area contributed by atoms with E-state index in [9.17, 15) is 4.79 Å². The lowest BCUT2D eigenvalue weighted by Crippen LogP contribution is -2.33. The molecule has 1 aliphatic heterocycles. The molecule has 0 saturated carbocycles. The Balaban J connectivity index is 2.19. The van der Waals surface area contributed by atoms with E-state index in [-0.39, 0.29) is 17.9 Å². The van der Waals surface area contributed by atoms with Crippen molar-refractivity contribution in [3.8, 4) is 11.8 Å². The summed E-state index contributed by atoms with van der Waals surface area (Å²) in [5.74, 6) is 0.564. The molecule has 0 aliphatic carbocycles. The molecule has 5 heteroatoms. The van der Waals surface area contributed by atoms with Crippen molar-refractivity contribution >= 4 is 11.6 Å². The van der Waals surface area contributed by atoms with Crippen LogP contribution in [-0.2, 0) is 10.2 Å². The highest BCUT2D eigenvalue weighted by atomic mass is 16.5. The van der Waals surface area contributed by atoms with Crippen LogP contribution in [0.4, 0.5) is 5.69 Å². The molecule has 5 nitrogen and oxygen atoms in total. The van der Waals surface area contributed by atoms with E-state index in [0.29, 0.717) is 24.5 Å². The minimum absolute atomic E-state index is 0.0689. The summed E-state index contributed by atoms with van der Waals surface area (Å²) in [6, 6.07) is 7.85. The summed E-state index contributed by atoms with van der Waals surface area (Å²) in [7, 11) is 0. The highest BCUT2D eigenvalue weighted by Gasteiger charge is 2.23. The predicted octanol–water partition coefficient (Wildman–Crippen LogP) is 1.41. The number of hydrogen-bond acceptors (Lipinski definition) is 4. The normalized spacial score (nSPS) is 14.1. The second kappa shape index (κ2) is 5.29. The molecule has 2 N–H and O–H groups in total. The summed E-state index contributed by atoms with van der Waals surface area (Å²) in [6.45, 7) is 5.26. The van der Waals surface area contributed by atoms with Gasteiger partial charge in [0.25, 0.3) is 5.91 Å².